The van der Waals surface area contributed by atoms with Crippen LogP contribution in [0.15, 0.2) is 102 Å². The molecule has 0 heterocycles. The third kappa shape index (κ3) is 3.90. The van der Waals surface area contributed by atoms with Crippen molar-refractivity contribution in [3.05, 3.63) is 97.1 Å². The van der Waals surface area contributed by atoms with E-state index < -0.39 is 21.2 Å². The maximum Gasteiger partial charge on any atom is 0.280 e. The monoisotopic (exact) mass is 417 g/mol. The zero-order chi connectivity index (χ0) is 21.1. The van der Waals surface area contributed by atoms with Crippen LogP contribution in [0, 0.1) is 0 Å². The fourth-order valence-corrected chi connectivity index (χ4v) is 4.60. The maximum absolute atomic E-state index is 13.2. The van der Waals surface area contributed by atoms with Gasteiger partial charge < -0.3 is 10.5 Å². The predicted octanol–water partition coefficient (Wildman–Crippen LogP) is 4.17. The van der Waals surface area contributed by atoms with Gasteiger partial charge >= 0.3 is 0 Å². The first kappa shape index (κ1) is 19.7. The Morgan fingerprint density at radius 3 is 2.13 bits per heavy atom. The van der Waals surface area contributed by atoms with Crippen molar-refractivity contribution in [2.45, 2.75) is 10.3 Å². The number of hydrogen-bond donors (Lipinski definition) is 1. The minimum absolute atomic E-state index is 0.0338. The fraction of sp³-hybridized carbons (Fsp3) is 0.0417. The van der Waals surface area contributed by atoms with E-state index in [1.54, 1.807) is 30.3 Å². The molecule has 4 aromatic carbocycles. The number of carbonyl (C=O) groups excluding carboxylic acids is 1. The topological polar surface area (TPSA) is 86.5 Å². The van der Waals surface area contributed by atoms with E-state index in [-0.39, 0.29) is 10.6 Å². The first-order valence-corrected chi connectivity index (χ1v) is 10.8. The number of fused-ring (bicyclic) bond motifs is 1. The number of amides is 1. The normalized spacial score (nSPS) is 12.4. The number of nitrogens with two attached hydrogens (primary N) is 1. The van der Waals surface area contributed by atoms with Crippen molar-refractivity contribution in [2.24, 2.45) is 5.73 Å². The molecule has 4 aromatic rings. The molecule has 0 aliphatic heterocycles. The van der Waals surface area contributed by atoms with E-state index in [9.17, 15) is 13.2 Å². The molecule has 0 radical (unpaired) electrons. The Balaban J connectivity index is 1.70. The van der Waals surface area contributed by atoms with Gasteiger partial charge in [-0.25, -0.2) is 8.42 Å². The van der Waals surface area contributed by atoms with Crippen molar-refractivity contribution in [3.63, 3.8) is 0 Å². The van der Waals surface area contributed by atoms with Crippen molar-refractivity contribution >= 4 is 26.5 Å². The Morgan fingerprint density at radius 2 is 1.40 bits per heavy atom. The number of benzene rings is 4. The number of sulfone groups is 1. The maximum atomic E-state index is 13.2. The molecule has 4 rings (SSSR count). The SMILES string of the molecule is NC(=O)C(Oc1ccc2ccccc2c1)S(=O)(=O)c1cccc(-c2ccccc2)c1. The van der Waals surface area contributed by atoms with Gasteiger partial charge in [0.2, 0.25) is 9.84 Å². The molecule has 1 amide bonds. The summed E-state index contributed by atoms with van der Waals surface area (Å²) < 4.78 is 32.0. The number of hydrogen-bond acceptors (Lipinski definition) is 4. The van der Waals surface area contributed by atoms with Crippen LogP contribution in [0.1, 0.15) is 0 Å². The summed E-state index contributed by atoms with van der Waals surface area (Å²) in [7, 11) is -4.18. The summed E-state index contributed by atoms with van der Waals surface area (Å²) in [6.45, 7) is 0. The van der Waals surface area contributed by atoms with Crippen LogP contribution in [-0.4, -0.2) is 19.8 Å². The molecule has 2 N–H and O–H groups in total. The lowest BCUT2D eigenvalue weighted by Crippen LogP contribution is -2.40. The van der Waals surface area contributed by atoms with Gasteiger partial charge in [-0.2, -0.15) is 0 Å². The highest BCUT2D eigenvalue weighted by atomic mass is 32.2. The summed E-state index contributed by atoms with van der Waals surface area (Å²) in [6.07, 6.45) is 0. The first-order chi connectivity index (χ1) is 14.4. The van der Waals surface area contributed by atoms with Crippen molar-refractivity contribution in [2.75, 3.05) is 0 Å². The Labute approximate surface area is 174 Å². The Bertz CT molecular complexity index is 1320. The lowest BCUT2D eigenvalue weighted by Gasteiger charge is -2.17. The van der Waals surface area contributed by atoms with Crippen molar-refractivity contribution in [3.8, 4) is 16.9 Å². The molecule has 150 valence electrons. The zero-order valence-corrected chi connectivity index (χ0v) is 16.8. The van der Waals surface area contributed by atoms with E-state index in [4.69, 9.17) is 10.5 Å². The van der Waals surface area contributed by atoms with E-state index in [0.29, 0.717) is 5.56 Å². The molecule has 5 nitrogen and oxygen atoms in total. The van der Waals surface area contributed by atoms with Gasteiger partial charge in [-0.05, 0) is 46.2 Å². The van der Waals surface area contributed by atoms with Crippen molar-refractivity contribution in [1.82, 2.24) is 0 Å². The van der Waals surface area contributed by atoms with Crippen LogP contribution in [0.4, 0.5) is 0 Å². The minimum atomic E-state index is -4.18. The summed E-state index contributed by atoms with van der Waals surface area (Å²) in [6, 6.07) is 28.4. The molecule has 0 bridgehead atoms. The molecule has 1 unspecified atom stereocenters. The van der Waals surface area contributed by atoms with Gasteiger partial charge in [-0.1, -0.05) is 72.8 Å². The first-order valence-electron chi connectivity index (χ1n) is 9.29. The van der Waals surface area contributed by atoms with E-state index in [2.05, 4.69) is 0 Å². The lowest BCUT2D eigenvalue weighted by molar-refractivity contribution is -0.121. The zero-order valence-electron chi connectivity index (χ0n) is 15.9. The highest BCUT2D eigenvalue weighted by Crippen LogP contribution is 2.27. The average Bonchev–Trinajstić information content (AvgIpc) is 2.77. The second-order valence-corrected chi connectivity index (χ2v) is 8.79. The van der Waals surface area contributed by atoms with Gasteiger partial charge in [0.15, 0.2) is 0 Å². The average molecular weight is 417 g/mol. The molecule has 30 heavy (non-hydrogen) atoms. The van der Waals surface area contributed by atoms with Gasteiger partial charge in [0.05, 0.1) is 4.90 Å². The summed E-state index contributed by atoms with van der Waals surface area (Å²) in [4.78, 5) is 12.0. The van der Waals surface area contributed by atoms with E-state index in [1.165, 1.54) is 12.1 Å². The Morgan fingerprint density at radius 1 is 0.733 bits per heavy atom. The van der Waals surface area contributed by atoms with Crippen LogP contribution >= 0.6 is 0 Å². The number of rotatable bonds is 6. The van der Waals surface area contributed by atoms with Gasteiger partial charge in [-0.15, -0.1) is 0 Å². The van der Waals surface area contributed by atoms with Crippen molar-refractivity contribution < 1.29 is 17.9 Å². The third-order valence-corrected chi connectivity index (χ3v) is 6.55. The summed E-state index contributed by atoms with van der Waals surface area (Å²) >= 11 is 0. The number of carbonyl (C=O) groups is 1. The predicted molar refractivity (Wildman–Crippen MR) is 117 cm³/mol. The highest BCUT2D eigenvalue weighted by Gasteiger charge is 2.35. The standard InChI is InChI=1S/C24H19NO4S/c25-23(26)24(29-21-14-13-18-9-4-5-10-19(18)15-21)30(27,28)22-12-6-11-20(16-22)17-7-2-1-3-8-17/h1-16,24H,(H2,25,26). The van der Waals surface area contributed by atoms with Crippen LogP contribution in [0.3, 0.4) is 0 Å². The van der Waals surface area contributed by atoms with Crippen LogP contribution in [-0.2, 0) is 14.6 Å². The number of ether oxygens (including phenoxy) is 1. The minimum Gasteiger partial charge on any atom is -0.464 e. The molecule has 1 atom stereocenters. The second-order valence-electron chi connectivity index (χ2n) is 6.80. The van der Waals surface area contributed by atoms with Gasteiger partial charge in [0, 0.05) is 0 Å². The largest absolute Gasteiger partial charge is 0.464 e. The van der Waals surface area contributed by atoms with Crippen LogP contribution in [0.5, 0.6) is 5.75 Å². The van der Waals surface area contributed by atoms with E-state index in [0.717, 1.165) is 16.3 Å². The molecule has 0 aromatic heterocycles. The molecule has 0 spiro atoms. The second kappa shape index (κ2) is 8.00. The molecule has 0 saturated carbocycles. The molecule has 0 fully saturated rings. The lowest BCUT2D eigenvalue weighted by atomic mass is 10.1. The Hall–Kier alpha value is -3.64. The molecule has 0 aliphatic rings. The van der Waals surface area contributed by atoms with E-state index >= 15 is 0 Å². The van der Waals surface area contributed by atoms with Crippen LogP contribution in [0.2, 0.25) is 0 Å². The van der Waals surface area contributed by atoms with Gasteiger partial charge in [0.25, 0.3) is 11.3 Å². The number of primary amides is 1. The molecule has 0 aliphatic carbocycles. The van der Waals surface area contributed by atoms with Crippen molar-refractivity contribution in [1.29, 1.82) is 0 Å². The van der Waals surface area contributed by atoms with Gasteiger partial charge in [-0.3, -0.25) is 4.79 Å². The fourth-order valence-electron chi connectivity index (χ4n) is 3.25. The molecule has 6 heteroatoms. The molecule has 0 saturated heterocycles. The van der Waals surface area contributed by atoms with Crippen LogP contribution in [0.25, 0.3) is 21.9 Å². The highest BCUT2D eigenvalue weighted by molar-refractivity contribution is 7.92. The van der Waals surface area contributed by atoms with Gasteiger partial charge in [0.1, 0.15) is 5.75 Å². The smallest absolute Gasteiger partial charge is 0.280 e. The summed E-state index contributed by atoms with van der Waals surface area (Å²) in [5.74, 6) is -0.825. The Kier molecular flexibility index (Phi) is 5.25. The third-order valence-electron chi connectivity index (χ3n) is 4.75. The van der Waals surface area contributed by atoms with Crippen LogP contribution < -0.4 is 10.5 Å². The molecular weight excluding hydrogens is 398 g/mol. The quantitative estimate of drug-likeness (QED) is 0.510. The summed E-state index contributed by atoms with van der Waals surface area (Å²) in [5.41, 5.74) is 5.16. The van der Waals surface area contributed by atoms with E-state index in [1.807, 2.05) is 54.6 Å². The summed E-state index contributed by atoms with van der Waals surface area (Å²) in [5, 5.41) is 1.83. The molecular formula is C24H19NO4S.